The lowest BCUT2D eigenvalue weighted by molar-refractivity contribution is -0.154. The summed E-state index contributed by atoms with van der Waals surface area (Å²) in [6.45, 7) is 1.06. The first-order chi connectivity index (χ1) is 18.4. The number of fused-ring (bicyclic) bond motifs is 1. The van der Waals surface area contributed by atoms with Gasteiger partial charge in [-0.3, -0.25) is 14.5 Å². The number of esters is 1. The minimum atomic E-state index is -4.67. The molecule has 2 saturated heterocycles. The summed E-state index contributed by atoms with van der Waals surface area (Å²) in [5.74, 6) is -2.45. The Bertz CT molecular complexity index is 1250. The molecular weight excluding hydrogens is 571 g/mol. The third kappa shape index (κ3) is 6.44. The Hall–Kier alpha value is -3.38. The Labute approximate surface area is 225 Å². The number of alkyl halides is 3. The third-order valence-corrected chi connectivity index (χ3v) is 8.25. The molecule has 0 aliphatic carbocycles. The minimum Gasteiger partial charge on any atom is -0.457 e. The van der Waals surface area contributed by atoms with Gasteiger partial charge in [-0.25, -0.2) is 19.4 Å². The van der Waals surface area contributed by atoms with Crippen molar-refractivity contribution in [2.45, 2.75) is 43.1 Å². The number of rotatable bonds is 8. The van der Waals surface area contributed by atoms with E-state index in [1.807, 2.05) is 0 Å². The van der Waals surface area contributed by atoms with Gasteiger partial charge >= 0.3 is 18.3 Å². The Balaban J connectivity index is 1.47. The Morgan fingerprint density at radius 1 is 1.38 bits per heavy atom. The van der Waals surface area contributed by atoms with Crippen LogP contribution in [0.3, 0.4) is 0 Å². The number of nitrogens with two attached hydrogens (primary N) is 1. The lowest BCUT2D eigenvalue weighted by Crippen LogP contribution is -2.70. The van der Waals surface area contributed by atoms with Gasteiger partial charge in [0.25, 0.3) is 5.91 Å². The van der Waals surface area contributed by atoms with Gasteiger partial charge in [-0.2, -0.15) is 13.2 Å². The number of thioether (sulfide) groups is 1. The number of nitrogens with one attached hydrogen (secondary N) is 1. The van der Waals surface area contributed by atoms with Gasteiger partial charge in [0.1, 0.15) is 29.8 Å². The molecule has 0 saturated carbocycles. The predicted molar refractivity (Wildman–Crippen MR) is 130 cm³/mol. The van der Waals surface area contributed by atoms with E-state index < -0.39 is 76.7 Å². The fraction of sp³-hybridized carbons (Fsp3) is 0.476. The van der Waals surface area contributed by atoms with Crippen LogP contribution in [0.25, 0.3) is 0 Å². The number of cyclic esters (lactones) is 2. The van der Waals surface area contributed by atoms with Gasteiger partial charge in [-0.15, -0.1) is 11.8 Å². The van der Waals surface area contributed by atoms with Crippen LogP contribution in [0, 0.1) is 0 Å². The highest BCUT2D eigenvalue weighted by Crippen LogP contribution is 2.41. The molecule has 39 heavy (non-hydrogen) atoms. The van der Waals surface area contributed by atoms with Gasteiger partial charge in [0.05, 0.1) is 19.2 Å². The van der Waals surface area contributed by atoms with Crippen molar-refractivity contribution in [1.82, 2.24) is 10.2 Å². The zero-order valence-corrected chi connectivity index (χ0v) is 21.9. The normalized spacial score (nSPS) is 28.5. The number of hydrogen-bond donors (Lipinski definition) is 2. The molecule has 5 atom stereocenters. The van der Waals surface area contributed by atoms with E-state index in [0.717, 1.165) is 16.7 Å². The highest BCUT2D eigenvalue weighted by molar-refractivity contribution is 8.05. The summed E-state index contributed by atoms with van der Waals surface area (Å²) in [4.78, 5) is 59.5. The van der Waals surface area contributed by atoms with Crippen LogP contribution < -0.4 is 11.1 Å². The van der Waals surface area contributed by atoms with Crippen molar-refractivity contribution >= 4 is 51.6 Å². The van der Waals surface area contributed by atoms with E-state index in [-0.39, 0.29) is 29.0 Å². The van der Waals surface area contributed by atoms with Crippen molar-refractivity contribution in [2.75, 3.05) is 19.5 Å². The maximum Gasteiger partial charge on any atom is 0.509 e. The van der Waals surface area contributed by atoms with Crippen molar-refractivity contribution in [3.05, 3.63) is 34.5 Å². The minimum absolute atomic E-state index is 0.0555. The number of hydrogen-bond acceptors (Lipinski definition) is 12. The molecule has 4 heterocycles. The highest BCUT2D eigenvalue weighted by atomic mass is 32.2. The fourth-order valence-electron chi connectivity index (χ4n) is 3.84. The molecule has 2 fully saturated rings. The molecule has 0 bridgehead atoms. The van der Waals surface area contributed by atoms with Gasteiger partial charge in [0.2, 0.25) is 5.91 Å². The van der Waals surface area contributed by atoms with Crippen molar-refractivity contribution in [3.63, 3.8) is 0 Å². The van der Waals surface area contributed by atoms with Crippen LogP contribution in [-0.2, 0) is 44.1 Å². The van der Waals surface area contributed by atoms with Crippen molar-refractivity contribution < 1.29 is 51.4 Å². The van der Waals surface area contributed by atoms with E-state index in [2.05, 4.69) is 19.7 Å². The SMILES string of the molecule is CO/N=S1\C=C(CC(=O)NC2C(=O)N3C(C(=O)OCC4OC(=O)OC4C)=C(/C=C/C(F)(F)F)CSC23)N=C1N. The zero-order chi connectivity index (χ0) is 28.5. The van der Waals surface area contributed by atoms with Gasteiger partial charge in [0, 0.05) is 27.9 Å². The van der Waals surface area contributed by atoms with Gasteiger partial charge in [-0.1, -0.05) is 10.6 Å². The summed E-state index contributed by atoms with van der Waals surface area (Å²) in [6.07, 6.45) is -6.85. The topological polar surface area (TPSA) is 171 Å². The molecule has 4 aliphatic rings. The van der Waals surface area contributed by atoms with E-state index >= 15 is 0 Å². The summed E-state index contributed by atoms with van der Waals surface area (Å²) in [5, 5.41) is 3.50. The van der Waals surface area contributed by atoms with Gasteiger partial charge in [0.15, 0.2) is 11.3 Å². The summed E-state index contributed by atoms with van der Waals surface area (Å²) < 4.78 is 57.1. The molecule has 2 amide bonds. The molecule has 3 N–H and O–H groups in total. The van der Waals surface area contributed by atoms with Crippen LogP contribution in [0.1, 0.15) is 13.3 Å². The van der Waals surface area contributed by atoms with E-state index in [9.17, 15) is 32.3 Å². The predicted octanol–water partition coefficient (Wildman–Crippen LogP) is 1.15. The molecule has 0 spiro atoms. The molecule has 0 aromatic heterocycles. The van der Waals surface area contributed by atoms with Crippen LogP contribution in [0.15, 0.2) is 44.0 Å². The molecule has 18 heteroatoms. The molecule has 5 unspecified atom stereocenters. The molecule has 13 nitrogen and oxygen atoms in total. The largest absolute Gasteiger partial charge is 0.509 e. The molecular formula is C21H22F3N5O8S2. The van der Waals surface area contributed by atoms with Crippen LogP contribution in [-0.4, -0.2) is 83.3 Å². The zero-order valence-electron chi connectivity index (χ0n) is 20.3. The average molecular weight is 594 g/mol. The molecule has 0 aromatic rings. The highest BCUT2D eigenvalue weighted by Gasteiger charge is 2.54. The maximum absolute atomic E-state index is 13.0. The van der Waals surface area contributed by atoms with E-state index in [1.54, 1.807) is 5.41 Å². The van der Waals surface area contributed by atoms with Crippen molar-refractivity contribution in [3.8, 4) is 0 Å². The first-order valence-corrected chi connectivity index (χ1v) is 13.5. The number of carbonyl (C=O) groups is 4. The van der Waals surface area contributed by atoms with Gasteiger partial charge in [-0.05, 0) is 12.5 Å². The van der Waals surface area contributed by atoms with Gasteiger partial charge < -0.3 is 25.3 Å². The molecule has 0 radical (unpaired) electrons. The number of nitrogens with zero attached hydrogens (tertiary/aromatic N) is 3. The number of amides is 2. The quantitative estimate of drug-likeness (QED) is 0.236. The lowest BCUT2D eigenvalue weighted by Gasteiger charge is -2.49. The Morgan fingerprint density at radius 3 is 2.77 bits per heavy atom. The number of ether oxygens (including phenoxy) is 3. The number of amidine groups is 1. The molecule has 212 valence electrons. The van der Waals surface area contributed by atoms with Crippen molar-refractivity contribution in [1.29, 1.82) is 0 Å². The summed E-state index contributed by atoms with van der Waals surface area (Å²) >= 11 is 1.07. The number of aliphatic imine (C=N–C) groups is 1. The summed E-state index contributed by atoms with van der Waals surface area (Å²) in [5.41, 5.74) is 5.58. The first kappa shape index (κ1) is 28.6. The average Bonchev–Trinajstić information content (AvgIpc) is 3.37. The van der Waals surface area contributed by atoms with Crippen LogP contribution in [0.2, 0.25) is 0 Å². The third-order valence-electron chi connectivity index (χ3n) is 5.63. The second kappa shape index (κ2) is 11.4. The lowest BCUT2D eigenvalue weighted by atomic mass is 10.0. The van der Waals surface area contributed by atoms with Crippen LogP contribution in [0.5, 0.6) is 0 Å². The monoisotopic (exact) mass is 593 g/mol. The smallest absolute Gasteiger partial charge is 0.457 e. The molecule has 4 aliphatic heterocycles. The Kier molecular flexibility index (Phi) is 8.36. The summed E-state index contributed by atoms with van der Waals surface area (Å²) in [6, 6.07) is -1.05. The van der Waals surface area contributed by atoms with Crippen LogP contribution in [0.4, 0.5) is 18.0 Å². The van der Waals surface area contributed by atoms with E-state index in [0.29, 0.717) is 11.8 Å². The van der Waals surface area contributed by atoms with Crippen LogP contribution >= 0.6 is 11.8 Å². The summed E-state index contributed by atoms with van der Waals surface area (Å²) in [7, 11) is 0.410. The number of carbonyl (C=O) groups excluding carboxylic acids is 4. The number of allylic oxidation sites excluding steroid dienone is 2. The molecule has 0 aromatic carbocycles. The van der Waals surface area contributed by atoms with Crippen molar-refractivity contribution in [2.24, 2.45) is 15.3 Å². The maximum atomic E-state index is 13.0. The second-order valence-electron chi connectivity index (χ2n) is 8.34. The fourth-order valence-corrected chi connectivity index (χ4v) is 6.16. The molecule has 4 rings (SSSR count). The number of β-lactam (4-membered cyclic amide) rings is 1. The van der Waals surface area contributed by atoms with E-state index in [4.69, 9.17) is 19.9 Å². The Morgan fingerprint density at radius 2 is 2.13 bits per heavy atom. The van der Waals surface area contributed by atoms with E-state index in [1.165, 1.54) is 14.0 Å². The number of halogens is 3. The second-order valence-corrected chi connectivity index (χ2v) is 10.9. The standard InChI is InChI=1S/C21H22F3N5O8S2/c1-9-12(37-20(33)36-9)6-35-18(32)15-10(3-4-21(22,23)24)7-38-17-14(16(31)29(15)17)27-13(30)5-11-8-39(28-34-2)19(25)26-11/h3-4,8-9,12,14,17H,5-7H2,1-2H3,(H2,25,26)(H,27,30)/b4-3+. The first-order valence-electron chi connectivity index (χ1n) is 11.2.